The summed E-state index contributed by atoms with van der Waals surface area (Å²) in [5.74, 6) is 0. The van der Waals surface area contributed by atoms with Crippen molar-refractivity contribution in [2.45, 2.75) is 70.6 Å². The van der Waals surface area contributed by atoms with E-state index in [0.717, 1.165) is 32.7 Å². The van der Waals surface area contributed by atoms with E-state index in [1.54, 1.807) is 11.8 Å². The van der Waals surface area contributed by atoms with Gasteiger partial charge in [0.15, 0.2) is 0 Å². The minimum Gasteiger partial charge on any atom is -0.458 e. The Morgan fingerprint density at radius 3 is 2.08 bits per heavy atom. The Labute approximate surface area is 166 Å². The minimum atomic E-state index is -0.337. The first-order valence-corrected chi connectivity index (χ1v) is 10.7. The van der Waals surface area contributed by atoms with Gasteiger partial charge in [0, 0.05) is 22.9 Å². The lowest BCUT2D eigenvalue weighted by Gasteiger charge is -2.27. The second-order valence-electron chi connectivity index (χ2n) is 7.10. The topological polar surface area (TPSA) is 46.6 Å². The zero-order chi connectivity index (χ0) is 20.1. The molecule has 0 bridgehead atoms. The molecule has 6 heteroatoms. The van der Waals surface area contributed by atoms with Crippen LogP contribution in [0.5, 0.6) is 0 Å². The van der Waals surface area contributed by atoms with Gasteiger partial charge in [0.1, 0.15) is 0 Å². The molecule has 0 spiro atoms. The average Bonchev–Trinajstić information content (AvgIpc) is 2.54. The Morgan fingerprint density at radius 2 is 1.62 bits per heavy atom. The highest BCUT2D eigenvalue weighted by molar-refractivity contribution is 8.16. The molecule has 0 fully saturated rings. The van der Waals surface area contributed by atoms with E-state index >= 15 is 0 Å². The third-order valence-corrected chi connectivity index (χ3v) is 6.43. The summed E-state index contributed by atoms with van der Waals surface area (Å²) in [6, 6.07) is 2.13. The highest BCUT2D eigenvalue weighted by Gasteiger charge is 2.26. The lowest BCUT2D eigenvalue weighted by molar-refractivity contribution is 0.181. The van der Waals surface area contributed by atoms with Crippen LogP contribution in [0.25, 0.3) is 0 Å². The number of carbonyl (C=O) groups is 2. The molecule has 0 aliphatic carbocycles. The zero-order valence-corrected chi connectivity index (χ0v) is 18.8. The number of nitrogens with zero attached hydrogens (tertiary/aromatic N) is 1. The molecular weight excluding hydrogens is 366 g/mol. The molecular formula is C20H31NO3S2. The number of carbonyl (C=O) groups excluding carboxylic acids is 2. The van der Waals surface area contributed by atoms with Gasteiger partial charge in [-0.3, -0.25) is 4.79 Å². The van der Waals surface area contributed by atoms with Gasteiger partial charge in [-0.25, -0.2) is 4.79 Å². The molecule has 4 nitrogen and oxygen atoms in total. The molecule has 26 heavy (non-hydrogen) atoms. The molecule has 0 radical (unpaired) electrons. The fourth-order valence-electron chi connectivity index (χ4n) is 2.76. The molecule has 1 rings (SSSR count). The van der Waals surface area contributed by atoms with Gasteiger partial charge in [0.2, 0.25) is 0 Å². The van der Waals surface area contributed by atoms with Crippen LogP contribution in [-0.2, 0) is 10.2 Å². The molecule has 1 amide bonds. The van der Waals surface area contributed by atoms with Crippen LogP contribution >= 0.6 is 23.5 Å². The van der Waals surface area contributed by atoms with Crippen LogP contribution in [0.3, 0.4) is 0 Å². The van der Waals surface area contributed by atoms with Crippen molar-refractivity contribution in [3.8, 4) is 0 Å². The summed E-state index contributed by atoms with van der Waals surface area (Å²) >= 11 is 2.29. The van der Waals surface area contributed by atoms with E-state index in [2.05, 4.69) is 26.8 Å². The molecule has 0 N–H and O–H groups in total. The van der Waals surface area contributed by atoms with Crippen molar-refractivity contribution in [1.82, 2.24) is 4.90 Å². The van der Waals surface area contributed by atoms with Crippen LogP contribution < -0.4 is 0 Å². The maximum atomic E-state index is 12.7. The first-order valence-electron chi connectivity index (χ1n) is 9.02. The standard InChI is InChI=1S/C20H31NO3S2/c1-9-21(10-2)18(22)25-17-14(5)15(20(6,7)8)12-13(4)16(17)26-19(23)24-11-3/h12H,9-11H2,1-8H3. The first-order chi connectivity index (χ1) is 12.1. The number of thioether (sulfide) groups is 2. The first kappa shape index (κ1) is 22.9. The molecule has 0 aliphatic rings. The maximum absolute atomic E-state index is 12.7. The quantitative estimate of drug-likeness (QED) is 0.425. The molecule has 0 saturated heterocycles. The Bertz CT molecular complexity index is 662. The van der Waals surface area contributed by atoms with Crippen molar-refractivity contribution < 1.29 is 14.3 Å². The Balaban J connectivity index is 3.46. The smallest absolute Gasteiger partial charge is 0.372 e. The molecule has 0 atom stereocenters. The summed E-state index contributed by atoms with van der Waals surface area (Å²) < 4.78 is 5.11. The van der Waals surface area contributed by atoms with Crippen LogP contribution in [0.2, 0.25) is 0 Å². The predicted octanol–water partition coefficient (Wildman–Crippen LogP) is 6.40. The lowest BCUT2D eigenvalue weighted by Crippen LogP contribution is -2.27. The Kier molecular flexibility index (Phi) is 8.54. The van der Waals surface area contributed by atoms with E-state index in [1.807, 2.05) is 27.7 Å². The highest BCUT2D eigenvalue weighted by atomic mass is 32.2. The van der Waals surface area contributed by atoms with Crippen LogP contribution in [0, 0.1) is 13.8 Å². The van der Waals surface area contributed by atoms with Crippen LogP contribution in [0.1, 0.15) is 58.2 Å². The normalized spacial score (nSPS) is 11.4. The van der Waals surface area contributed by atoms with Crippen molar-refractivity contribution in [3.05, 3.63) is 22.8 Å². The summed E-state index contributed by atoms with van der Waals surface area (Å²) in [5.41, 5.74) is 3.20. The number of ether oxygens (including phenoxy) is 1. The second-order valence-corrected chi connectivity index (χ2v) is 9.01. The number of rotatable bonds is 5. The van der Waals surface area contributed by atoms with Gasteiger partial charge in [-0.05, 0) is 80.2 Å². The van der Waals surface area contributed by atoms with Crippen LogP contribution in [0.15, 0.2) is 15.9 Å². The van der Waals surface area contributed by atoms with Crippen molar-refractivity contribution in [3.63, 3.8) is 0 Å². The molecule has 0 saturated carbocycles. The van der Waals surface area contributed by atoms with Crippen molar-refractivity contribution in [2.75, 3.05) is 19.7 Å². The molecule has 0 aromatic heterocycles. The van der Waals surface area contributed by atoms with Gasteiger partial charge < -0.3 is 9.64 Å². The van der Waals surface area contributed by atoms with E-state index in [1.165, 1.54) is 17.3 Å². The zero-order valence-electron chi connectivity index (χ0n) is 17.2. The van der Waals surface area contributed by atoms with Crippen LogP contribution in [0.4, 0.5) is 9.59 Å². The summed E-state index contributed by atoms with van der Waals surface area (Å²) in [4.78, 5) is 28.3. The number of benzene rings is 1. The Morgan fingerprint density at radius 1 is 1.04 bits per heavy atom. The fourth-order valence-corrected chi connectivity index (χ4v) is 4.89. The predicted molar refractivity (Wildman–Crippen MR) is 112 cm³/mol. The van der Waals surface area contributed by atoms with Crippen molar-refractivity contribution in [1.29, 1.82) is 0 Å². The highest BCUT2D eigenvalue weighted by Crippen LogP contribution is 2.42. The van der Waals surface area contributed by atoms with E-state index < -0.39 is 0 Å². The minimum absolute atomic E-state index is 0.00858. The Hall–Kier alpha value is -1.14. The van der Waals surface area contributed by atoms with Crippen molar-refractivity contribution in [2.24, 2.45) is 0 Å². The van der Waals surface area contributed by atoms with E-state index in [4.69, 9.17) is 4.74 Å². The molecule has 146 valence electrons. The number of amides is 1. The number of aryl methyl sites for hydroxylation is 1. The van der Waals surface area contributed by atoms with Crippen molar-refractivity contribution >= 4 is 34.1 Å². The van der Waals surface area contributed by atoms with Gasteiger partial charge >= 0.3 is 5.30 Å². The summed E-state index contributed by atoms with van der Waals surface area (Å²) in [7, 11) is 0. The average molecular weight is 398 g/mol. The molecule has 0 aliphatic heterocycles. The number of hydrogen-bond donors (Lipinski definition) is 0. The molecule has 1 aromatic rings. The lowest BCUT2D eigenvalue weighted by atomic mass is 9.83. The van der Waals surface area contributed by atoms with Gasteiger partial charge in [0.25, 0.3) is 5.24 Å². The van der Waals surface area contributed by atoms with Gasteiger partial charge in [-0.1, -0.05) is 26.8 Å². The summed E-state index contributed by atoms with van der Waals surface area (Å²) in [5, 5.41) is -0.329. The monoisotopic (exact) mass is 397 g/mol. The largest absolute Gasteiger partial charge is 0.458 e. The molecule has 0 unspecified atom stereocenters. The van der Waals surface area contributed by atoms with E-state index in [-0.39, 0.29) is 16.0 Å². The number of hydrogen-bond acceptors (Lipinski definition) is 5. The second kappa shape index (κ2) is 9.70. The van der Waals surface area contributed by atoms with Crippen LogP contribution in [-0.4, -0.2) is 35.1 Å². The van der Waals surface area contributed by atoms with Gasteiger partial charge in [-0.2, -0.15) is 0 Å². The fraction of sp³-hybridized carbons (Fsp3) is 0.600. The molecule has 1 aromatic carbocycles. The SMILES string of the molecule is CCOC(=O)Sc1c(C)cc(C(C)(C)C)c(C)c1SC(=O)N(CC)CC. The van der Waals surface area contributed by atoms with Gasteiger partial charge in [-0.15, -0.1) is 0 Å². The third kappa shape index (κ3) is 5.68. The summed E-state index contributed by atoms with van der Waals surface area (Å²) in [6.45, 7) is 17.9. The molecule has 0 heterocycles. The third-order valence-electron chi connectivity index (χ3n) is 4.14. The maximum Gasteiger partial charge on any atom is 0.372 e. The van der Waals surface area contributed by atoms with E-state index in [9.17, 15) is 9.59 Å². The van der Waals surface area contributed by atoms with E-state index in [0.29, 0.717) is 19.7 Å². The summed E-state index contributed by atoms with van der Waals surface area (Å²) in [6.07, 6.45) is 0. The van der Waals surface area contributed by atoms with Gasteiger partial charge in [0.05, 0.1) is 6.61 Å².